The van der Waals surface area contributed by atoms with E-state index in [0.29, 0.717) is 0 Å². The number of rotatable bonds is 5. The van der Waals surface area contributed by atoms with Crippen molar-refractivity contribution >= 4 is 22.6 Å². The Morgan fingerprint density at radius 3 is 2.91 bits per heavy atom. The summed E-state index contributed by atoms with van der Waals surface area (Å²) in [7, 11) is 0. The molecule has 0 bridgehead atoms. The lowest BCUT2D eigenvalue weighted by Gasteiger charge is -2.20. The number of pyridine rings is 1. The summed E-state index contributed by atoms with van der Waals surface area (Å²) in [6, 6.07) is 4.99. The van der Waals surface area contributed by atoms with E-state index in [-0.39, 0.29) is 18.2 Å². The minimum Gasteiger partial charge on any atom is -0.478 e. The summed E-state index contributed by atoms with van der Waals surface area (Å²) >= 11 is 0. The van der Waals surface area contributed by atoms with E-state index in [1.165, 1.54) is 5.56 Å². The molecule has 5 nitrogen and oxygen atoms in total. The topological polar surface area (TPSA) is 82.5 Å². The Morgan fingerprint density at radius 2 is 2.23 bits per heavy atom. The summed E-state index contributed by atoms with van der Waals surface area (Å²) in [6.45, 7) is 2.06. The molecule has 3 N–H and O–H groups in total. The fraction of sp³-hybridized carbons (Fsp3) is 0.412. The van der Waals surface area contributed by atoms with E-state index in [2.05, 4.69) is 10.3 Å². The Morgan fingerprint density at radius 1 is 1.41 bits per heavy atom. The van der Waals surface area contributed by atoms with Crippen molar-refractivity contribution in [2.75, 3.05) is 11.9 Å². The van der Waals surface area contributed by atoms with Crippen LogP contribution < -0.4 is 5.32 Å². The zero-order valence-electron chi connectivity index (χ0n) is 12.6. The first-order valence-corrected chi connectivity index (χ1v) is 7.70. The maximum absolute atomic E-state index is 11.2. The Bertz CT molecular complexity index is 723. The molecule has 116 valence electrons. The van der Waals surface area contributed by atoms with Gasteiger partial charge in [0.2, 0.25) is 0 Å². The van der Waals surface area contributed by atoms with Crippen molar-refractivity contribution in [1.82, 2.24) is 4.98 Å². The number of carbonyl (C=O) groups is 1. The molecule has 5 heteroatoms. The lowest BCUT2D eigenvalue weighted by Crippen LogP contribution is -2.23. The highest BCUT2D eigenvalue weighted by molar-refractivity contribution is 5.99. The number of aryl methyl sites for hydroxylation is 1. The monoisotopic (exact) mass is 300 g/mol. The number of benzene rings is 1. The molecule has 0 spiro atoms. The van der Waals surface area contributed by atoms with Gasteiger partial charge in [-0.15, -0.1) is 0 Å². The van der Waals surface area contributed by atoms with Crippen molar-refractivity contribution in [3.63, 3.8) is 0 Å². The number of fused-ring (bicyclic) bond motifs is 2. The van der Waals surface area contributed by atoms with Crippen LogP contribution in [0, 0.1) is 0 Å². The number of aromatic carboxylic acids is 1. The molecule has 22 heavy (non-hydrogen) atoms. The summed E-state index contributed by atoms with van der Waals surface area (Å²) < 4.78 is 0. The second-order valence-electron chi connectivity index (χ2n) is 5.73. The molecule has 1 aromatic heterocycles. The van der Waals surface area contributed by atoms with Crippen LogP contribution in [0.3, 0.4) is 0 Å². The lowest BCUT2D eigenvalue weighted by molar-refractivity contribution is 0.0697. The first-order chi connectivity index (χ1) is 10.6. The number of nitrogens with zero attached hydrogens (tertiary/aromatic N) is 1. The Labute approximate surface area is 129 Å². The summed E-state index contributed by atoms with van der Waals surface area (Å²) in [5.41, 5.74) is 4.27. The number of aliphatic hydroxyl groups is 1. The maximum Gasteiger partial charge on any atom is 0.335 e. The van der Waals surface area contributed by atoms with Crippen molar-refractivity contribution < 1.29 is 15.0 Å². The van der Waals surface area contributed by atoms with Gasteiger partial charge in [0.15, 0.2) is 0 Å². The fourth-order valence-corrected chi connectivity index (χ4v) is 3.04. The summed E-state index contributed by atoms with van der Waals surface area (Å²) in [5.74, 6) is -0.942. The highest BCUT2D eigenvalue weighted by Gasteiger charge is 2.21. The van der Waals surface area contributed by atoms with E-state index in [9.17, 15) is 15.0 Å². The van der Waals surface area contributed by atoms with Gasteiger partial charge >= 0.3 is 5.97 Å². The van der Waals surface area contributed by atoms with Crippen LogP contribution in [-0.4, -0.2) is 33.8 Å². The van der Waals surface area contributed by atoms with Crippen molar-refractivity contribution in [2.45, 2.75) is 38.6 Å². The number of aromatic nitrogens is 1. The van der Waals surface area contributed by atoms with Crippen LogP contribution in [-0.2, 0) is 12.8 Å². The number of aliphatic hydroxyl groups excluding tert-OH is 1. The molecule has 0 radical (unpaired) electrons. The molecule has 1 aliphatic rings. The average Bonchev–Trinajstić information content (AvgIpc) is 2.99. The molecular weight excluding hydrogens is 280 g/mol. The normalized spacial score (nSPS) is 14.8. The number of nitrogens with one attached hydrogen (secondary N) is 1. The number of hydrogen-bond donors (Lipinski definition) is 3. The van der Waals surface area contributed by atoms with Crippen LogP contribution in [0.4, 0.5) is 5.69 Å². The maximum atomic E-state index is 11.2. The Hall–Kier alpha value is -2.14. The summed E-state index contributed by atoms with van der Waals surface area (Å²) in [6.07, 6.45) is 3.76. The van der Waals surface area contributed by atoms with Crippen LogP contribution in [0.2, 0.25) is 0 Å². The van der Waals surface area contributed by atoms with Crippen LogP contribution in [0.15, 0.2) is 18.2 Å². The molecule has 2 aromatic rings. The van der Waals surface area contributed by atoms with Crippen LogP contribution >= 0.6 is 0 Å². The number of hydrogen-bond acceptors (Lipinski definition) is 4. The molecule has 0 fully saturated rings. The standard InChI is InChI=1S/C17H20N2O3/c1-2-11(9-20)18-16-12-4-3-5-14(12)19-15-7-6-10(17(21)22)8-13(15)16/h6-8,11,20H,2-5,9H2,1H3,(H,18,19)(H,21,22)/t11-/m0/s1. The largest absolute Gasteiger partial charge is 0.478 e. The molecular formula is C17H20N2O3. The second kappa shape index (κ2) is 5.93. The average molecular weight is 300 g/mol. The SMILES string of the molecule is CC[C@@H](CO)Nc1c2c(nc3ccc(C(=O)O)cc13)CCC2. The highest BCUT2D eigenvalue weighted by Crippen LogP contribution is 2.35. The molecule has 1 heterocycles. The molecule has 0 unspecified atom stereocenters. The van der Waals surface area contributed by atoms with Gasteiger partial charge in [-0.3, -0.25) is 4.98 Å². The van der Waals surface area contributed by atoms with E-state index >= 15 is 0 Å². The Kier molecular flexibility index (Phi) is 3.98. The molecule has 0 amide bonds. The van der Waals surface area contributed by atoms with Crippen LogP contribution in [0.5, 0.6) is 0 Å². The molecule has 0 saturated heterocycles. The van der Waals surface area contributed by atoms with Crippen molar-refractivity contribution in [1.29, 1.82) is 0 Å². The van der Waals surface area contributed by atoms with E-state index < -0.39 is 5.97 Å². The molecule has 1 aliphatic carbocycles. The predicted molar refractivity (Wildman–Crippen MR) is 85.5 cm³/mol. The molecule has 1 aromatic carbocycles. The van der Waals surface area contributed by atoms with Gasteiger partial charge in [-0.1, -0.05) is 6.92 Å². The summed E-state index contributed by atoms with van der Waals surface area (Å²) in [4.78, 5) is 15.9. The fourth-order valence-electron chi connectivity index (χ4n) is 3.04. The number of carboxylic acid groups (broad SMARTS) is 1. The zero-order chi connectivity index (χ0) is 15.7. The zero-order valence-corrected chi connectivity index (χ0v) is 12.6. The Balaban J connectivity index is 2.20. The van der Waals surface area contributed by atoms with Crippen LogP contribution in [0.1, 0.15) is 41.4 Å². The third kappa shape index (κ3) is 2.52. The first kappa shape index (κ1) is 14.8. The van der Waals surface area contributed by atoms with Gasteiger partial charge in [-0.05, 0) is 49.4 Å². The first-order valence-electron chi connectivity index (χ1n) is 7.70. The molecule has 3 rings (SSSR count). The quantitative estimate of drug-likeness (QED) is 0.790. The van der Waals surface area contributed by atoms with Gasteiger partial charge in [0.1, 0.15) is 0 Å². The minimum atomic E-state index is -0.942. The highest BCUT2D eigenvalue weighted by atomic mass is 16.4. The molecule has 1 atom stereocenters. The smallest absolute Gasteiger partial charge is 0.335 e. The summed E-state index contributed by atoms with van der Waals surface area (Å²) in [5, 5.41) is 22.9. The van der Waals surface area contributed by atoms with E-state index in [0.717, 1.165) is 48.0 Å². The van der Waals surface area contributed by atoms with Crippen LogP contribution in [0.25, 0.3) is 10.9 Å². The lowest BCUT2D eigenvalue weighted by atomic mass is 10.0. The van der Waals surface area contributed by atoms with Gasteiger partial charge in [0.05, 0.1) is 17.7 Å². The number of anilines is 1. The number of carboxylic acids is 1. The van der Waals surface area contributed by atoms with E-state index in [4.69, 9.17) is 0 Å². The van der Waals surface area contributed by atoms with E-state index in [1.807, 2.05) is 6.92 Å². The van der Waals surface area contributed by atoms with Gasteiger partial charge in [0.25, 0.3) is 0 Å². The molecule has 0 aliphatic heterocycles. The van der Waals surface area contributed by atoms with Gasteiger partial charge in [-0.2, -0.15) is 0 Å². The van der Waals surface area contributed by atoms with Gasteiger partial charge < -0.3 is 15.5 Å². The van der Waals surface area contributed by atoms with Crippen molar-refractivity contribution in [2.24, 2.45) is 0 Å². The van der Waals surface area contributed by atoms with Crippen molar-refractivity contribution in [3.05, 3.63) is 35.0 Å². The predicted octanol–water partition coefficient (Wildman–Crippen LogP) is 2.60. The van der Waals surface area contributed by atoms with Gasteiger partial charge in [0, 0.05) is 22.8 Å². The third-order valence-electron chi connectivity index (χ3n) is 4.32. The second-order valence-corrected chi connectivity index (χ2v) is 5.73. The molecule has 0 saturated carbocycles. The minimum absolute atomic E-state index is 0.0382. The van der Waals surface area contributed by atoms with E-state index in [1.54, 1.807) is 18.2 Å². The van der Waals surface area contributed by atoms with Crippen molar-refractivity contribution in [3.8, 4) is 0 Å². The van der Waals surface area contributed by atoms with Gasteiger partial charge in [-0.25, -0.2) is 4.79 Å². The third-order valence-corrected chi connectivity index (χ3v) is 4.32.